The zero-order valence-electron chi connectivity index (χ0n) is 8.05. The molecule has 0 aromatic heterocycles. The summed E-state index contributed by atoms with van der Waals surface area (Å²) in [4.78, 5) is 0. The van der Waals surface area contributed by atoms with Gasteiger partial charge in [-0.1, -0.05) is 19.8 Å². The summed E-state index contributed by atoms with van der Waals surface area (Å²) in [5.41, 5.74) is 0.595. The van der Waals surface area contributed by atoms with E-state index in [1.54, 1.807) is 0 Å². The van der Waals surface area contributed by atoms with Crippen molar-refractivity contribution in [3.63, 3.8) is 0 Å². The van der Waals surface area contributed by atoms with Crippen LogP contribution in [0.25, 0.3) is 0 Å². The van der Waals surface area contributed by atoms with Gasteiger partial charge in [-0.15, -0.1) is 0 Å². The highest BCUT2D eigenvalue weighted by atomic mass is 16.3. The van der Waals surface area contributed by atoms with E-state index in [2.05, 4.69) is 6.92 Å². The fourth-order valence-corrected chi connectivity index (χ4v) is 3.15. The number of rotatable bonds is 0. The van der Waals surface area contributed by atoms with Gasteiger partial charge in [0.2, 0.25) is 0 Å². The highest BCUT2D eigenvalue weighted by molar-refractivity contribution is 4.91. The van der Waals surface area contributed by atoms with Gasteiger partial charge >= 0.3 is 0 Å². The van der Waals surface area contributed by atoms with E-state index in [0.717, 1.165) is 18.8 Å². The van der Waals surface area contributed by atoms with E-state index in [9.17, 15) is 5.11 Å². The van der Waals surface area contributed by atoms with Gasteiger partial charge in [-0.05, 0) is 43.4 Å². The van der Waals surface area contributed by atoms with Crippen molar-refractivity contribution in [2.75, 3.05) is 0 Å². The Hall–Kier alpha value is -0.0400. The van der Waals surface area contributed by atoms with Crippen LogP contribution in [0.4, 0.5) is 0 Å². The van der Waals surface area contributed by atoms with Gasteiger partial charge in [0.1, 0.15) is 0 Å². The monoisotopic (exact) mass is 168 g/mol. The smallest absolute Gasteiger partial charge is 0.0543 e. The summed E-state index contributed by atoms with van der Waals surface area (Å²) >= 11 is 0. The van der Waals surface area contributed by atoms with Crippen molar-refractivity contribution >= 4 is 0 Å². The van der Waals surface area contributed by atoms with Crippen molar-refractivity contribution in [3.05, 3.63) is 0 Å². The molecule has 12 heavy (non-hydrogen) atoms. The van der Waals surface area contributed by atoms with Gasteiger partial charge in [0.25, 0.3) is 0 Å². The molecule has 2 aliphatic carbocycles. The SMILES string of the molecule is C[C@@]12CCCC[C@@H]1C[C@@H](O)CC2. The van der Waals surface area contributed by atoms with E-state index in [-0.39, 0.29) is 6.10 Å². The van der Waals surface area contributed by atoms with Crippen molar-refractivity contribution in [3.8, 4) is 0 Å². The molecule has 3 atom stereocenters. The predicted octanol–water partition coefficient (Wildman–Crippen LogP) is 2.73. The third-order valence-electron chi connectivity index (χ3n) is 4.14. The van der Waals surface area contributed by atoms with Gasteiger partial charge in [-0.25, -0.2) is 0 Å². The quantitative estimate of drug-likeness (QED) is 0.589. The fourth-order valence-electron chi connectivity index (χ4n) is 3.15. The summed E-state index contributed by atoms with van der Waals surface area (Å²) in [6, 6.07) is 0. The van der Waals surface area contributed by atoms with Crippen LogP contribution >= 0.6 is 0 Å². The molecule has 0 aliphatic heterocycles. The maximum absolute atomic E-state index is 9.56. The Bertz CT molecular complexity index is 166. The molecule has 0 aromatic carbocycles. The van der Waals surface area contributed by atoms with Crippen LogP contribution in [0.1, 0.15) is 51.9 Å². The molecule has 2 rings (SSSR count). The zero-order chi connectivity index (χ0) is 8.60. The highest BCUT2D eigenvalue weighted by Crippen LogP contribution is 2.49. The van der Waals surface area contributed by atoms with Crippen molar-refractivity contribution in [2.45, 2.75) is 58.0 Å². The number of hydrogen-bond donors (Lipinski definition) is 1. The molecule has 2 aliphatic rings. The molecule has 0 aromatic rings. The summed E-state index contributed by atoms with van der Waals surface area (Å²) in [6.07, 6.45) is 9.00. The van der Waals surface area contributed by atoms with Crippen LogP contribution in [-0.2, 0) is 0 Å². The van der Waals surface area contributed by atoms with Gasteiger partial charge in [0.15, 0.2) is 0 Å². The topological polar surface area (TPSA) is 20.2 Å². The maximum atomic E-state index is 9.56. The molecular weight excluding hydrogens is 148 g/mol. The molecule has 0 spiro atoms. The minimum atomic E-state index is 0.0150. The normalized spacial score (nSPS) is 48.5. The van der Waals surface area contributed by atoms with Gasteiger partial charge in [0, 0.05) is 0 Å². The van der Waals surface area contributed by atoms with Crippen LogP contribution in [0.5, 0.6) is 0 Å². The molecular formula is C11H20O. The molecule has 0 saturated heterocycles. The lowest BCUT2D eigenvalue weighted by molar-refractivity contribution is -0.00751. The minimum absolute atomic E-state index is 0.0150. The summed E-state index contributed by atoms with van der Waals surface area (Å²) in [7, 11) is 0. The largest absolute Gasteiger partial charge is 0.393 e. The van der Waals surface area contributed by atoms with Crippen LogP contribution in [0.2, 0.25) is 0 Å². The van der Waals surface area contributed by atoms with Crippen molar-refractivity contribution in [1.82, 2.24) is 0 Å². The molecule has 1 heteroatoms. The number of aliphatic hydroxyl groups is 1. The molecule has 0 radical (unpaired) electrons. The van der Waals surface area contributed by atoms with Crippen LogP contribution in [0.3, 0.4) is 0 Å². The Labute approximate surface area is 75.2 Å². The summed E-state index contributed by atoms with van der Waals surface area (Å²) in [6.45, 7) is 2.43. The first kappa shape index (κ1) is 8.55. The first-order valence-electron chi connectivity index (χ1n) is 5.39. The first-order valence-corrected chi connectivity index (χ1v) is 5.39. The standard InChI is InChI=1S/C11H20O/c1-11-6-3-2-4-9(11)8-10(12)5-7-11/h9-10,12H,2-8H2,1H3/t9-,10+,11+/m1/s1. The Morgan fingerprint density at radius 1 is 1.17 bits per heavy atom. The lowest BCUT2D eigenvalue weighted by atomic mass is 9.60. The highest BCUT2D eigenvalue weighted by Gasteiger charge is 2.40. The molecule has 2 saturated carbocycles. The van der Waals surface area contributed by atoms with Gasteiger partial charge in [0.05, 0.1) is 6.10 Å². The predicted molar refractivity (Wildman–Crippen MR) is 49.9 cm³/mol. The van der Waals surface area contributed by atoms with E-state index in [4.69, 9.17) is 0 Å². The number of fused-ring (bicyclic) bond motifs is 1. The van der Waals surface area contributed by atoms with Crippen LogP contribution in [0.15, 0.2) is 0 Å². The molecule has 1 nitrogen and oxygen atoms in total. The second-order valence-electron chi connectivity index (χ2n) is 5.02. The fraction of sp³-hybridized carbons (Fsp3) is 1.00. The van der Waals surface area contributed by atoms with Crippen molar-refractivity contribution in [1.29, 1.82) is 0 Å². The van der Waals surface area contributed by atoms with Gasteiger partial charge < -0.3 is 5.11 Å². The number of aliphatic hydroxyl groups excluding tert-OH is 1. The van der Waals surface area contributed by atoms with Crippen LogP contribution < -0.4 is 0 Å². The van der Waals surface area contributed by atoms with Crippen LogP contribution in [0, 0.1) is 11.3 Å². The van der Waals surface area contributed by atoms with Gasteiger partial charge in [-0.3, -0.25) is 0 Å². The van der Waals surface area contributed by atoms with E-state index in [1.807, 2.05) is 0 Å². The average molecular weight is 168 g/mol. The Morgan fingerprint density at radius 3 is 2.83 bits per heavy atom. The van der Waals surface area contributed by atoms with E-state index >= 15 is 0 Å². The lowest BCUT2D eigenvalue weighted by Gasteiger charge is -2.46. The second-order valence-corrected chi connectivity index (χ2v) is 5.02. The molecule has 0 amide bonds. The third-order valence-corrected chi connectivity index (χ3v) is 4.14. The lowest BCUT2D eigenvalue weighted by Crippen LogP contribution is -2.38. The summed E-state index contributed by atoms with van der Waals surface area (Å²) < 4.78 is 0. The Kier molecular flexibility index (Phi) is 2.16. The second kappa shape index (κ2) is 3.02. The molecule has 1 N–H and O–H groups in total. The molecule has 0 heterocycles. The third kappa shape index (κ3) is 1.39. The minimum Gasteiger partial charge on any atom is -0.393 e. The average Bonchev–Trinajstić information content (AvgIpc) is 2.06. The first-order chi connectivity index (χ1) is 5.71. The Balaban J connectivity index is 2.06. The van der Waals surface area contributed by atoms with Crippen LogP contribution in [-0.4, -0.2) is 11.2 Å². The molecule has 0 bridgehead atoms. The Morgan fingerprint density at radius 2 is 2.00 bits per heavy atom. The zero-order valence-corrected chi connectivity index (χ0v) is 8.05. The van der Waals surface area contributed by atoms with E-state index < -0.39 is 0 Å². The molecule has 0 unspecified atom stereocenters. The van der Waals surface area contributed by atoms with E-state index in [0.29, 0.717) is 5.41 Å². The van der Waals surface area contributed by atoms with Crippen molar-refractivity contribution < 1.29 is 5.11 Å². The van der Waals surface area contributed by atoms with Gasteiger partial charge in [-0.2, -0.15) is 0 Å². The maximum Gasteiger partial charge on any atom is 0.0543 e. The molecule has 2 fully saturated rings. The summed E-state index contributed by atoms with van der Waals surface area (Å²) in [5.74, 6) is 0.829. The van der Waals surface area contributed by atoms with E-state index in [1.165, 1.54) is 32.1 Å². The van der Waals surface area contributed by atoms with Crippen molar-refractivity contribution in [2.24, 2.45) is 11.3 Å². The summed E-state index contributed by atoms with van der Waals surface area (Å²) in [5, 5.41) is 9.56. The molecule has 70 valence electrons. The number of hydrogen-bond acceptors (Lipinski definition) is 1.